The zero-order valence-corrected chi connectivity index (χ0v) is 9.27. The zero-order valence-electron chi connectivity index (χ0n) is 9.27. The summed E-state index contributed by atoms with van der Waals surface area (Å²) in [6, 6.07) is 0.363. The van der Waals surface area contributed by atoms with Crippen LogP contribution in [0.25, 0.3) is 0 Å². The van der Waals surface area contributed by atoms with Crippen molar-refractivity contribution in [1.82, 2.24) is 5.43 Å². The van der Waals surface area contributed by atoms with Crippen molar-refractivity contribution in [3.8, 4) is 0 Å². The molecule has 0 aromatic carbocycles. The number of nitrogens with one attached hydrogen (secondary N) is 1. The fourth-order valence-electron chi connectivity index (χ4n) is 1.41. The second-order valence-electron chi connectivity index (χ2n) is 3.87. The highest BCUT2D eigenvalue weighted by molar-refractivity contribution is 5.00. The highest BCUT2D eigenvalue weighted by atomic mass is 15.2. The van der Waals surface area contributed by atoms with Crippen LogP contribution in [0.15, 0.2) is 11.6 Å². The molecule has 1 atom stereocenters. The first-order valence-corrected chi connectivity index (χ1v) is 5.31. The summed E-state index contributed by atoms with van der Waals surface area (Å²) in [4.78, 5) is 0. The van der Waals surface area contributed by atoms with E-state index in [0.29, 0.717) is 6.04 Å². The molecule has 2 heteroatoms. The Bertz CT molecular complexity index is 137. The van der Waals surface area contributed by atoms with E-state index in [1.807, 2.05) is 0 Å². The van der Waals surface area contributed by atoms with Gasteiger partial charge in [0.05, 0.1) is 0 Å². The van der Waals surface area contributed by atoms with Gasteiger partial charge in [0, 0.05) is 6.04 Å². The largest absolute Gasteiger partial charge is 0.271 e. The Kier molecular flexibility index (Phi) is 8.05. The molecule has 0 saturated heterocycles. The van der Waals surface area contributed by atoms with Crippen LogP contribution in [0.3, 0.4) is 0 Å². The van der Waals surface area contributed by atoms with Crippen LogP contribution in [0, 0.1) is 0 Å². The quantitative estimate of drug-likeness (QED) is 0.276. The molecule has 78 valence electrons. The van der Waals surface area contributed by atoms with E-state index in [-0.39, 0.29) is 0 Å². The lowest BCUT2D eigenvalue weighted by atomic mass is 10.1. The normalized spacial score (nSPS) is 12.6. The molecule has 0 aliphatic heterocycles. The molecular weight excluding hydrogens is 160 g/mol. The minimum absolute atomic E-state index is 0.363. The van der Waals surface area contributed by atoms with E-state index in [4.69, 9.17) is 5.84 Å². The predicted octanol–water partition coefficient (Wildman–Crippen LogP) is 2.75. The number of nitrogens with two attached hydrogens (primary N) is 1. The zero-order chi connectivity index (χ0) is 10.1. The van der Waals surface area contributed by atoms with Crippen molar-refractivity contribution < 1.29 is 0 Å². The Hall–Kier alpha value is -0.340. The van der Waals surface area contributed by atoms with Gasteiger partial charge in [-0.05, 0) is 20.3 Å². The lowest BCUT2D eigenvalue weighted by molar-refractivity contribution is 0.527. The third-order valence-electron chi connectivity index (χ3n) is 2.12. The molecule has 3 N–H and O–H groups in total. The predicted molar refractivity (Wildman–Crippen MR) is 59.3 cm³/mol. The van der Waals surface area contributed by atoms with Crippen molar-refractivity contribution in [2.24, 2.45) is 5.84 Å². The van der Waals surface area contributed by atoms with E-state index in [0.717, 1.165) is 6.42 Å². The van der Waals surface area contributed by atoms with Crippen LogP contribution in [0.2, 0.25) is 0 Å². The summed E-state index contributed by atoms with van der Waals surface area (Å²) < 4.78 is 0. The third kappa shape index (κ3) is 8.00. The number of hydrogen-bond acceptors (Lipinski definition) is 2. The Morgan fingerprint density at radius 1 is 1.31 bits per heavy atom. The highest BCUT2D eigenvalue weighted by Gasteiger charge is 2.01. The Morgan fingerprint density at radius 2 is 2.00 bits per heavy atom. The molecule has 2 nitrogen and oxygen atoms in total. The minimum Gasteiger partial charge on any atom is -0.271 e. The minimum atomic E-state index is 0.363. The van der Waals surface area contributed by atoms with Crippen molar-refractivity contribution in [3.05, 3.63) is 11.6 Å². The third-order valence-corrected chi connectivity index (χ3v) is 2.12. The topological polar surface area (TPSA) is 38.0 Å². The molecular formula is C11H24N2. The summed E-state index contributed by atoms with van der Waals surface area (Å²) in [7, 11) is 0. The molecule has 0 aliphatic rings. The molecule has 0 aromatic heterocycles. The number of allylic oxidation sites excluding steroid dienone is 1. The van der Waals surface area contributed by atoms with Crippen LogP contribution in [-0.4, -0.2) is 6.04 Å². The lowest BCUT2D eigenvalue weighted by Gasteiger charge is -2.11. The Morgan fingerprint density at radius 3 is 2.46 bits per heavy atom. The fraction of sp³-hybridized carbons (Fsp3) is 0.818. The molecule has 0 amide bonds. The molecule has 0 aromatic rings. The number of hydrogen-bond donors (Lipinski definition) is 2. The summed E-state index contributed by atoms with van der Waals surface area (Å²) in [6.07, 6.45) is 8.58. The Labute approximate surface area is 82.6 Å². The van der Waals surface area contributed by atoms with Crippen molar-refractivity contribution in [1.29, 1.82) is 0 Å². The molecule has 1 unspecified atom stereocenters. The molecule has 0 aliphatic carbocycles. The van der Waals surface area contributed by atoms with Gasteiger partial charge in [-0.2, -0.15) is 0 Å². The first-order chi connectivity index (χ1) is 6.20. The number of rotatable bonds is 7. The molecule has 0 radical (unpaired) electrons. The van der Waals surface area contributed by atoms with Crippen molar-refractivity contribution in [2.75, 3.05) is 0 Å². The smallest absolute Gasteiger partial charge is 0.0392 e. The summed E-state index contributed by atoms with van der Waals surface area (Å²) in [5, 5.41) is 0. The van der Waals surface area contributed by atoms with Crippen LogP contribution < -0.4 is 11.3 Å². The van der Waals surface area contributed by atoms with Crippen molar-refractivity contribution in [3.63, 3.8) is 0 Å². The van der Waals surface area contributed by atoms with Crippen molar-refractivity contribution >= 4 is 0 Å². The van der Waals surface area contributed by atoms with E-state index in [2.05, 4.69) is 32.3 Å². The van der Waals surface area contributed by atoms with Crippen LogP contribution in [0.5, 0.6) is 0 Å². The van der Waals surface area contributed by atoms with E-state index < -0.39 is 0 Å². The standard InChI is InChI=1S/C11H24N2/c1-4-5-6-7-8-11(13-12)9-10(2)3/h9,11,13H,4-8,12H2,1-3H3. The molecule has 0 saturated carbocycles. The SMILES string of the molecule is CCCCCCC(C=C(C)C)NN. The first-order valence-electron chi connectivity index (χ1n) is 5.31. The average Bonchev–Trinajstić information content (AvgIpc) is 2.09. The van der Waals surface area contributed by atoms with Gasteiger partial charge in [-0.1, -0.05) is 44.3 Å². The average molecular weight is 184 g/mol. The van der Waals surface area contributed by atoms with Gasteiger partial charge in [-0.25, -0.2) is 0 Å². The van der Waals surface area contributed by atoms with E-state index >= 15 is 0 Å². The van der Waals surface area contributed by atoms with E-state index in [1.165, 1.54) is 31.3 Å². The van der Waals surface area contributed by atoms with Gasteiger partial charge in [0.2, 0.25) is 0 Å². The van der Waals surface area contributed by atoms with Crippen LogP contribution >= 0.6 is 0 Å². The van der Waals surface area contributed by atoms with Gasteiger partial charge >= 0.3 is 0 Å². The molecule has 0 bridgehead atoms. The van der Waals surface area contributed by atoms with Gasteiger partial charge in [0.15, 0.2) is 0 Å². The van der Waals surface area contributed by atoms with Gasteiger partial charge in [0.1, 0.15) is 0 Å². The lowest BCUT2D eigenvalue weighted by Crippen LogP contribution is -2.33. The maximum atomic E-state index is 5.44. The maximum Gasteiger partial charge on any atom is 0.0392 e. The maximum absolute atomic E-state index is 5.44. The summed E-state index contributed by atoms with van der Waals surface area (Å²) in [6.45, 7) is 6.45. The van der Waals surface area contributed by atoms with Gasteiger partial charge in [-0.15, -0.1) is 0 Å². The van der Waals surface area contributed by atoms with Crippen LogP contribution in [-0.2, 0) is 0 Å². The second-order valence-corrected chi connectivity index (χ2v) is 3.87. The first kappa shape index (κ1) is 12.7. The van der Waals surface area contributed by atoms with Crippen LogP contribution in [0.1, 0.15) is 52.9 Å². The van der Waals surface area contributed by atoms with Gasteiger partial charge in [-0.3, -0.25) is 11.3 Å². The molecule has 0 rings (SSSR count). The summed E-state index contributed by atoms with van der Waals surface area (Å²) in [5.41, 5.74) is 4.17. The summed E-state index contributed by atoms with van der Waals surface area (Å²) >= 11 is 0. The second kappa shape index (κ2) is 8.27. The number of unbranched alkanes of at least 4 members (excludes halogenated alkanes) is 3. The highest BCUT2D eigenvalue weighted by Crippen LogP contribution is 2.07. The van der Waals surface area contributed by atoms with Crippen molar-refractivity contribution in [2.45, 2.75) is 58.9 Å². The summed E-state index contributed by atoms with van der Waals surface area (Å²) in [5.74, 6) is 5.44. The van der Waals surface area contributed by atoms with Crippen LogP contribution in [0.4, 0.5) is 0 Å². The van der Waals surface area contributed by atoms with Gasteiger partial charge in [0.25, 0.3) is 0 Å². The molecule has 0 fully saturated rings. The molecule has 0 spiro atoms. The van der Waals surface area contributed by atoms with Gasteiger partial charge < -0.3 is 0 Å². The van der Waals surface area contributed by atoms with E-state index in [9.17, 15) is 0 Å². The molecule has 0 heterocycles. The fourth-order valence-corrected chi connectivity index (χ4v) is 1.41. The monoisotopic (exact) mass is 184 g/mol. The molecule has 13 heavy (non-hydrogen) atoms. The number of hydrazine groups is 1. The Balaban J connectivity index is 3.54. The van der Waals surface area contributed by atoms with E-state index in [1.54, 1.807) is 0 Å².